The van der Waals surface area contributed by atoms with Gasteiger partial charge in [0.15, 0.2) is 0 Å². The smallest absolute Gasteiger partial charge is 0.272 e. The molecule has 0 aromatic heterocycles. The van der Waals surface area contributed by atoms with E-state index in [0.29, 0.717) is 33.1 Å². The summed E-state index contributed by atoms with van der Waals surface area (Å²) < 4.78 is 0. The molecule has 4 rings (SSSR count). The molecule has 0 saturated carbocycles. The minimum atomic E-state index is -0.539. The fourth-order valence-corrected chi connectivity index (χ4v) is 4.48. The summed E-state index contributed by atoms with van der Waals surface area (Å²) in [5.41, 5.74) is 7.63. The number of rotatable bonds is 10. The SMILES string of the molecule is NC(=O)c1ccc(NC(=O)CSc2ccc(NC(=O)/C(=C/c3ccccc3Cl)NC(=O)c3ccccc3)cc2)cc1. The molecule has 4 amide bonds. The summed E-state index contributed by atoms with van der Waals surface area (Å²) in [6.07, 6.45) is 1.52. The Kier molecular flexibility index (Phi) is 9.93. The molecule has 5 N–H and O–H groups in total. The van der Waals surface area contributed by atoms with Crippen molar-refractivity contribution in [1.82, 2.24) is 5.32 Å². The lowest BCUT2D eigenvalue weighted by atomic mass is 10.1. The largest absolute Gasteiger partial charge is 0.366 e. The highest BCUT2D eigenvalue weighted by Crippen LogP contribution is 2.22. The van der Waals surface area contributed by atoms with E-state index in [1.807, 2.05) is 0 Å². The Balaban J connectivity index is 1.38. The van der Waals surface area contributed by atoms with Gasteiger partial charge >= 0.3 is 0 Å². The van der Waals surface area contributed by atoms with Gasteiger partial charge in [-0.3, -0.25) is 19.2 Å². The number of thioether (sulfide) groups is 1. The standard InChI is InChI=1S/C31H25ClN4O4S/c32-26-9-5-4-8-22(26)18-27(36-30(39)21-6-2-1-3-7-21)31(40)35-24-14-16-25(17-15-24)41-19-28(37)34-23-12-10-20(11-13-23)29(33)38/h1-18H,19H2,(H2,33,38)(H,34,37)(H,35,40)(H,36,39)/b27-18-. The number of anilines is 2. The van der Waals surface area contributed by atoms with Crippen LogP contribution < -0.4 is 21.7 Å². The van der Waals surface area contributed by atoms with Gasteiger partial charge in [0.05, 0.1) is 5.75 Å². The van der Waals surface area contributed by atoms with Crippen molar-refractivity contribution in [2.75, 3.05) is 16.4 Å². The van der Waals surface area contributed by atoms with Gasteiger partial charge < -0.3 is 21.7 Å². The van der Waals surface area contributed by atoms with Crippen LogP contribution in [0.4, 0.5) is 11.4 Å². The highest BCUT2D eigenvalue weighted by molar-refractivity contribution is 8.00. The van der Waals surface area contributed by atoms with Crippen LogP contribution in [0.25, 0.3) is 6.08 Å². The summed E-state index contributed by atoms with van der Waals surface area (Å²) in [5, 5.41) is 8.66. The first-order valence-electron chi connectivity index (χ1n) is 12.3. The maximum absolute atomic E-state index is 13.2. The number of hydrogen-bond acceptors (Lipinski definition) is 5. The van der Waals surface area contributed by atoms with Crippen molar-refractivity contribution in [3.63, 3.8) is 0 Å². The zero-order chi connectivity index (χ0) is 29.2. The Morgan fingerprint density at radius 1 is 0.732 bits per heavy atom. The van der Waals surface area contributed by atoms with E-state index in [4.69, 9.17) is 17.3 Å². The van der Waals surface area contributed by atoms with Crippen LogP contribution in [0.2, 0.25) is 5.02 Å². The fraction of sp³-hybridized carbons (Fsp3) is 0.0323. The molecule has 0 aliphatic rings. The molecule has 8 nitrogen and oxygen atoms in total. The number of carbonyl (C=O) groups is 4. The van der Waals surface area contributed by atoms with Crippen LogP contribution in [0.3, 0.4) is 0 Å². The van der Waals surface area contributed by atoms with Crippen molar-refractivity contribution in [3.8, 4) is 0 Å². The molecule has 0 unspecified atom stereocenters. The van der Waals surface area contributed by atoms with Crippen molar-refractivity contribution in [2.24, 2.45) is 5.73 Å². The van der Waals surface area contributed by atoms with Crippen LogP contribution in [0.1, 0.15) is 26.3 Å². The number of halogens is 1. The average Bonchev–Trinajstić information content (AvgIpc) is 2.98. The zero-order valence-corrected chi connectivity index (χ0v) is 23.2. The summed E-state index contributed by atoms with van der Waals surface area (Å²) in [5.74, 6) is -1.57. The van der Waals surface area contributed by atoms with Crippen LogP contribution in [0.15, 0.2) is 114 Å². The van der Waals surface area contributed by atoms with Crippen LogP contribution >= 0.6 is 23.4 Å². The highest BCUT2D eigenvalue weighted by Gasteiger charge is 2.16. The molecular weight excluding hydrogens is 560 g/mol. The number of hydrogen-bond donors (Lipinski definition) is 4. The lowest BCUT2D eigenvalue weighted by Gasteiger charge is -2.12. The second kappa shape index (κ2) is 14.0. The van der Waals surface area contributed by atoms with Crippen LogP contribution in [0.5, 0.6) is 0 Å². The number of nitrogens with one attached hydrogen (secondary N) is 3. The Morgan fingerprint density at radius 3 is 2.00 bits per heavy atom. The lowest BCUT2D eigenvalue weighted by Crippen LogP contribution is -2.30. The number of nitrogens with two attached hydrogens (primary N) is 1. The second-order valence-electron chi connectivity index (χ2n) is 8.66. The fourth-order valence-electron chi connectivity index (χ4n) is 3.59. The van der Waals surface area contributed by atoms with E-state index in [1.54, 1.807) is 103 Å². The third-order valence-electron chi connectivity index (χ3n) is 5.67. The molecule has 206 valence electrons. The van der Waals surface area contributed by atoms with Gasteiger partial charge in [0.2, 0.25) is 11.8 Å². The number of benzene rings is 4. The van der Waals surface area contributed by atoms with Gasteiger partial charge in [-0.2, -0.15) is 0 Å². The predicted molar refractivity (Wildman–Crippen MR) is 163 cm³/mol. The topological polar surface area (TPSA) is 130 Å². The first-order valence-corrected chi connectivity index (χ1v) is 13.7. The van der Waals surface area contributed by atoms with Gasteiger partial charge in [0.1, 0.15) is 5.70 Å². The van der Waals surface area contributed by atoms with Gasteiger partial charge in [-0.15, -0.1) is 11.8 Å². The predicted octanol–water partition coefficient (Wildman–Crippen LogP) is 5.58. The monoisotopic (exact) mass is 584 g/mol. The van der Waals surface area contributed by atoms with Gasteiger partial charge in [0, 0.05) is 32.4 Å². The zero-order valence-electron chi connectivity index (χ0n) is 21.6. The molecule has 0 atom stereocenters. The van der Waals surface area contributed by atoms with E-state index >= 15 is 0 Å². The molecule has 0 aliphatic heterocycles. The van der Waals surface area contributed by atoms with E-state index in [9.17, 15) is 19.2 Å². The van der Waals surface area contributed by atoms with Crippen LogP contribution in [-0.2, 0) is 9.59 Å². The molecule has 0 aliphatic carbocycles. The van der Waals surface area contributed by atoms with Crippen LogP contribution in [-0.4, -0.2) is 29.4 Å². The van der Waals surface area contributed by atoms with Crippen LogP contribution in [0, 0.1) is 0 Å². The van der Waals surface area contributed by atoms with Gasteiger partial charge in [-0.05, 0) is 78.4 Å². The van der Waals surface area contributed by atoms with Gasteiger partial charge in [-0.1, -0.05) is 48.0 Å². The lowest BCUT2D eigenvalue weighted by molar-refractivity contribution is -0.114. The molecule has 4 aromatic carbocycles. The minimum Gasteiger partial charge on any atom is -0.366 e. The Morgan fingerprint density at radius 2 is 1.34 bits per heavy atom. The van der Waals surface area contributed by atoms with E-state index in [0.717, 1.165) is 4.90 Å². The minimum absolute atomic E-state index is 0.0194. The third-order valence-corrected chi connectivity index (χ3v) is 7.03. The normalized spacial score (nSPS) is 10.9. The Bertz CT molecular complexity index is 1590. The summed E-state index contributed by atoms with van der Waals surface area (Å²) in [6, 6.07) is 28.8. The van der Waals surface area contributed by atoms with Gasteiger partial charge in [0.25, 0.3) is 11.8 Å². The molecule has 0 heterocycles. The first-order chi connectivity index (χ1) is 19.8. The summed E-state index contributed by atoms with van der Waals surface area (Å²) in [4.78, 5) is 50.3. The van der Waals surface area contributed by atoms with E-state index in [1.165, 1.54) is 17.8 Å². The van der Waals surface area contributed by atoms with Crippen molar-refractivity contribution in [2.45, 2.75) is 4.90 Å². The molecule has 0 radical (unpaired) electrons. The molecule has 0 saturated heterocycles. The Labute approximate surface area is 246 Å². The molecular formula is C31H25ClN4O4S. The van der Waals surface area contributed by atoms with E-state index in [2.05, 4.69) is 16.0 Å². The molecule has 0 bridgehead atoms. The summed E-state index contributed by atoms with van der Waals surface area (Å²) in [7, 11) is 0. The quantitative estimate of drug-likeness (QED) is 0.143. The molecule has 0 spiro atoms. The van der Waals surface area contributed by atoms with E-state index in [-0.39, 0.29) is 17.4 Å². The first kappa shape index (κ1) is 29.1. The molecule has 41 heavy (non-hydrogen) atoms. The highest BCUT2D eigenvalue weighted by atomic mass is 35.5. The number of carbonyl (C=O) groups excluding carboxylic acids is 4. The Hall–Kier alpha value is -4.86. The molecule has 4 aromatic rings. The second-order valence-corrected chi connectivity index (χ2v) is 10.1. The van der Waals surface area contributed by atoms with E-state index < -0.39 is 17.7 Å². The maximum Gasteiger partial charge on any atom is 0.272 e. The van der Waals surface area contributed by atoms with Crippen molar-refractivity contribution in [3.05, 3.63) is 131 Å². The average molecular weight is 585 g/mol. The molecule has 10 heteroatoms. The maximum atomic E-state index is 13.2. The summed E-state index contributed by atoms with van der Waals surface area (Å²) >= 11 is 7.60. The molecule has 0 fully saturated rings. The number of amides is 4. The van der Waals surface area contributed by atoms with Crippen molar-refractivity contribution < 1.29 is 19.2 Å². The van der Waals surface area contributed by atoms with Crippen molar-refractivity contribution >= 4 is 64.4 Å². The third kappa shape index (κ3) is 8.56. The van der Waals surface area contributed by atoms with Crippen molar-refractivity contribution in [1.29, 1.82) is 0 Å². The number of primary amides is 1. The van der Waals surface area contributed by atoms with Gasteiger partial charge in [-0.25, -0.2) is 0 Å². The summed E-state index contributed by atoms with van der Waals surface area (Å²) in [6.45, 7) is 0.